The summed E-state index contributed by atoms with van der Waals surface area (Å²) in [5.74, 6) is -2.50. The van der Waals surface area contributed by atoms with Gasteiger partial charge in [0.25, 0.3) is 11.8 Å². The highest BCUT2D eigenvalue weighted by Gasteiger charge is 2.45. The van der Waals surface area contributed by atoms with Crippen molar-refractivity contribution in [3.63, 3.8) is 0 Å². The fourth-order valence-electron chi connectivity index (χ4n) is 3.13. The van der Waals surface area contributed by atoms with Gasteiger partial charge in [-0.2, -0.15) is 0 Å². The number of methoxy groups -OCH3 is 1. The number of hydrogen-bond donors (Lipinski definition) is 0. The Hall–Kier alpha value is -3.00. The number of nitrogens with zero attached hydrogens (tertiary/aromatic N) is 1. The molecular weight excluding hydrogens is 382 g/mol. The zero-order chi connectivity index (χ0) is 20.3. The van der Waals surface area contributed by atoms with E-state index in [0.717, 1.165) is 4.90 Å². The molecule has 0 radical (unpaired) electrons. The van der Waals surface area contributed by atoms with Crippen LogP contribution in [0.2, 0.25) is 0 Å². The summed E-state index contributed by atoms with van der Waals surface area (Å²) in [5, 5.41) is -1.41. The van der Waals surface area contributed by atoms with E-state index in [2.05, 4.69) is 4.74 Å². The average Bonchev–Trinajstić information content (AvgIpc) is 2.96. The second-order valence-corrected chi connectivity index (χ2v) is 8.64. The van der Waals surface area contributed by atoms with Crippen LogP contribution in [0.5, 0.6) is 0 Å². The summed E-state index contributed by atoms with van der Waals surface area (Å²) in [6.07, 6.45) is -0.414. The first-order valence-electron chi connectivity index (χ1n) is 8.64. The van der Waals surface area contributed by atoms with Crippen LogP contribution < -0.4 is 0 Å². The van der Waals surface area contributed by atoms with Gasteiger partial charge in [-0.1, -0.05) is 42.5 Å². The van der Waals surface area contributed by atoms with Crippen LogP contribution >= 0.6 is 0 Å². The molecule has 28 heavy (non-hydrogen) atoms. The van der Waals surface area contributed by atoms with Crippen molar-refractivity contribution < 1.29 is 27.5 Å². The molecule has 0 N–H and O–H groups in total. The van der Waals surface area contributed by atoms with E-state index in [1.165, 1.54) is 19.2 Å². The molecule has 0 spiro atoms. The normalized spacial score (nSPS) is 14.7. The van der Waals surface area contributed by atoms with Crippen LogP contribution in [-0.2, 0) is 25.8 Å². The molecule has 1 aliphatic rings. The Labute approximate surface area is 162 Å². The molecule has 0 fully saturated rings. The van der Waals surface area contributed by atoms with Gasteiger partial charge in [-0.05, 0) is 17.7 Å². The van der Waals surface area contributed by atoms with Crippen LogP contribution in [0.15, 0.2) is 54.6 Å². The first-order valence-corrected chi connectivity index (χ1v) is 10.4. The van der Waals surface area contributed by atoms with E-state index in [1.54, 1.807) is 42.5 Å². The predicted molar refractivity (Wildman–Crippen MR) is 101 cm³/mol. The molecule has 0 aromatic heterocycles. The lowest BCUT2D eigenvalue weighted by Gasteiger charge is -2.26. The highest BCUT2D eigenvalue weighted by Crippen LogP contribution is 2.28. The topological polar surface area (TPSA) is 97.8 Å². The molecule has 3 rings (SSSR count). The lowest BCUT2D eigenvalue weighted by Crippen LogP contribution is -2.47. The number of amides is 2. The number of sulfone groups is 1. The quantitative estimate of drug-likeness (QED) is 0.519. The molecule has 0 aliphatic carbocycles. The van der Waals surface area contributed by atoms with Gasteiger partial charge in [0.05, 0.1) is 30.4 Å². The highest BCUT2D eigenvalue weighted by molar-refractivity contribution is 7.92. The SMILES string of the molecule is COC(=O)CCS(=O)(=O)[C@H](Cc1ccccc1)N1C(=O)c2ccccc2C1=O. The van der Waals surface area contributed by atoms with Crippen molar-refractivity contribution in [2.75, 3.05) is 12.9 Å². The monoisotopic (exact) mass is 401 g/mol. The molecule has 2 aromatic rings. The Bertz CT molecular complexity index is 981. The van der Waals surface area contributed by atoms with Gasteiger partial charge in [-0.3, -0.25) is 19.3 Å². The lowest BCUT2D eigenvalue weighted by atomic mass is 10.1. The van der Waals surface area contributed by atoms with Gasteiger partial charge in [-0.15, -0.1) is 0 Å². The summed E-state index contributed by atoms with van der Waals surface area (Å²) in [7, 11) is -2.84. The second kappa shape index (κ2) is 7.93. The van der Waals surface area contributed by atoms with Crippen LogP contribution in [0.3, 0.4) is 0 Å². The number of carbonyl (C=O) groups excluding carboxylic acids is 3. The Balaban J connectivity index is 1.98. The minimum atomic E-state index is -4.01. The molecule has 1 heterocycles. The van der Waals surface area contributed by atoms with Crippen molar-refractivity contribution in [1.29, 1.82) is 0 Å². The molecule has 0 bridgehead atoms. The summed E-state index contributed by atoms with van der Waals surface area (Å²) in [5.41, 5.74) is 1.01. The number of rotatable bonds is 7. The Kier molecular flexibility index (Phi) is 5.60. The third-order valence-corrected chi connectivity index (χ3v) is 6.58. The third kappa shape index (κ3) is 3.82. The largest absolute Gasteiger partial charge is 0.469 e. The summed E-state index contributed by atoms with van der Waals surface area (Å²) in [6, 6.07) is 14.9. The standard InChI is InChI=1S/C20H19NO6S/c1-27-18(22)11-12-28(25,26)17(13-14-7-3-2-4-8-14)21-19(23)15-9-5-6-10-16(15)20(21)24/h2-10,17H,11-13H2,1H3/t17-/m1/s1. The number of esters is 1. The first-order chi connectivity index (χ1) is 13.3. The van der Waals surface area contributed by atoms with Crippen molar-refractivity contribution >= 4 is 27.6 Å². The number of benzene rings is 2. The number of ether oxygens (including phenoxy) is 1. The summed E-state index contributed by atoms with van der Waals surface area (Å²) >= 11 is 0. The number of hydrogen-bond acceptors (Lipinski definition) is 6. The van der Waals surface area contributed by atoms with Crippen LogP contribution in [0.25, 0.3) is 0 Å². The van der Waals surface area contributed by atoms with Gasteiger partial charge in [0, 0.05) is 6.42 Å². The summed E-state index contributed by atoms with van der Waals surface area (Å²) in [6.45, 7) is 0. The minimum absolute atomic E-state index is 0.0597. The fraction of sp³-hybridized carbons (Fsp3) is 0.250. The number of carbonyl (C=O) groups is 3. The molecule has 8 heteroatoms. The summed E-state index contributed by atoms with van der Waals surface area (Å²) < 4.78 is 30.6. The maximum atomic E-state index is 13.0. The van der Waals surface area contributed by atoms with Crippen molar-refractivity contribution in [2.24, 2.45) is 0 Å². The molecule has 0 saturated carbocycles. The van der Waals surface area contributed by atoms with Gasteiger partial charge < -0.3 is 4.74 Å². The predicted octanol–water partition coefficient (Wildman–Crippen LogP) is 1.83. The maximum absolute atomic E-state index is 13.0. The molecule has 0 saturated heterocycles. The lowest BCUT2D eigenvalue weighted by molar-refractivity contribution is -0.140. The third-order valence-electron chi connectivity index (χ3n) is 4.60. The van der Waals surface area contributed by atoms with E-state index < -0.39 is 38.7 Å². The molecule has 2 amide bonds. The van der Waals surface area contributed by atoms with Gasteiger partial charge in [0.15, 0.2) is 9.84 Å². The molecule has 146 valence electrons. The molecule has 7 nitrogen and oxygen atoms in total. The average molecular weight is 401 g/mol. The number of fused-ring (bicyclic) bond motifs is 1. The molecular formula is C20H19NO6S. The Morgan fingerprint density at radius 3 is 2.04 bits per heavy atom. The van der Waals surface area contributed by atoms with Crippen molar-refractivity contribution in [3.8, 4) is 0 Å². The minimum Gasteiger partial charge on any atom is -0.469 e. The first kappa shape index (κ1) is 19.8. The Morgan fingerprint density at radius 1 is 0.964 bits per heavy atom. The summed E-state index contributed by atoms with van der Waals surface area (Å²) in [4.78, 5) is 37.9. The van der Waals surface area contributed by atoms with Crippen LogP contribution in [-0.4, -0.2) is 49.3 Å². The molecule has 1 atom stereocenters. The molecule has 2 aromatic carbocycles. The van der Waals surface area contributed by atoms with E-state index in [-0.39, 0.29) is 24.0 Å². The van der Waals surface area contributed by atoms with Crippen molar-refractivity contribution in [1.82, 2.24) is 4.90 Å². The van der Waals surface area contributed by atoms with E-state index in [9.17, 15) is 22.8 Å². The van der Waals surface area contributed by atoms with E-state index in [4.69, 9.17) is 0 Å². The van der Waals surface area contributed by atoms with E-state index >= 15 is 0 Å². The van der Waals surface area contributed by atoms with Gasteiger partial charge in [-0.25, -0.2) is 8.42 Å². The van der Waals surface area contributed by atoms with E-state index in [0.29, 0.717) is 5.56 Å². The number of imide groups is 1. The van der Waals surface area contributed by atoms with Gasteiger partial charge in [0.1, 0.15) is 5.37 Å². The van der Waals surface area contributed by atoms with Gasteiger partial charge >= 0.3 is 5.97 Å². The zero-order valence-corrected chi connectivity index (χ0v) is 16.0. The highest BCUT2D eigenvalue weighted by atomic mass is 32.2. The van der Waals surface area contributed by atoms with Gasteiger partial charge in [0.2, 0.25) is 0 Å². The van der Waals surface area contributed by atoms with Crippen molar-refractivity contribution in [3.05, 3.63) is 71.3 Å². The van der Waals surface area contributed by atoms with Crippen LogP contribution in [0.4, 0.5) is 0 Å². The fourth-order valence-corrected chi connectivity index (χ4v) is 4.81. The Morgan fingerprint density at radius 2 is 1.50 bits per heavy atom. The van der Waals surface area contributed by atoms with E-state index in [1.807, 2.05) is 0 Å². The van der Waals surface area contributed by atoms with Crippen LogP contribution in [0.1, 0.15) is 32.7 Å². The molecule has 1 aliphatic heterocycles. The second-order valence-electron chi connectivity index (χ2n) is 6.36. The maximum Gasteiger partial charge on any atom is 0.306 e. The zero-order valence-electron chi connectivity index (χ0n) is 15.2. The van der Waals surface area contributed by atoms with Crippen LogP contribution in [0, 0.1) is 0 Å². The van der Waals surface area contributed by atoms with Crippen molar-refractivity contribution in [2.45, 2.75) is 18.2 Å². The molecule has 0 unspecified atom stereocenters. The smallest absolute Gasteiger partial charge is 0.306 e.